The highest BCUT2D eigenvalue weighted by molar-refractivity contribution is 5.91. The molecule has 1 aliphatic carbocycles. The van der Waals surface area contributed by atoms with Crippen LogP contribution in [0.25, 0.3) is 10.9 Å². The molecule has 7 heteroatoms. The monoisotopic (exact) mass is 282 g/mol. The van der Waals surface area contributed by atoms with Crippen LogP contribution in [-0.4, -0.2) is 16.0 Å². The number of fused-ring (bicyclic) bond motifs is 1. The summed E-state index contributed by atoms with van der Waals surface area (Å²) in [5.41, 5.74) is 4.77. The Kier molecular flexibility index (Phi) is 2.92. The molecule has 0 aliphatic heterocycles. The van der Waals surface area contributed by atoms with Crippen LogP contribution in [0.4, 0.5) is 24.7 Å². The van der Waals surface area contributed by atoms with Crippen molar-refractivity contribution < 1.29 is 13.2 Å². The molecule has 20 heavy (non-hydrogen) atoms. The van der Waals surface area contributed by atoms with Gasteiger partial charge in [-0.25, -0.2) is 23.1 Å². The highest BCUT2D eigenvalue weighted by Gasteiger charge is 2.27. The van der Waals surface area contributed by atoms with Crippen molar-refractivity contribution in [1.82, 2.24) is 9.97 Å². The van der Waals surface area contributed by atoms with Gasteiger partial charge in [0.25, 0.3) is 0 Å². The van der Waals surface area contributed by atoms with E-state index in [0.717, 1.165) is 19.3 Å². The van der Waals surface area contributed by atoms with E-state index >= 15 is 0 Å². The lowest BCUT2D eigenvalue weighted by Crippen LogP contribution is -2.28. The second kappa shape index (κ2) is 4.50. The minimum absolute atomic E-state index is 0.0314. The number of nitrogen functional groups attached to an aromatic ring is 1. The van der Waals surface area contributed by atoms with Crippen LogP contribution in [0.15, 0.2) is 0 Å². The summed E-state index contributed by atoms with van der Waals surface area (Å²) >= 11 is 0. The molecule has 1 heterocycles. The lowest BCUT2D eigenvalue weighted by atomic mass is 9.93. The van der Waals surface area contributed by atoms with E-state index in [1.807, 2.05) is 0 Å². The Bertz CT molecular complexity index is 698. The van der Waals surface area contributed by atoms with Crippen LogP contribution >= 0.6 is 0 Å². The molecule has 106 valence electrons. The number of hydrogen-bond acceptors (Lipinski definition) is 4. The van der Waals surface area contributed by atoms with Gasteiger partial charge in [-0.05, 0) is 26.2 Å². The van der Waals surface area contributed by atoms with Crippen molar-refractivity contribution in [2.24, 2.45) is 0 Å². The predicted octanol–water partition coefficient (Wildman–Crippen LogP) is 2.90. The second-order valence-electron chi connectivity index (χ2n) is 4.97. The van der Waals surface area contributed by atoms with Crippen molar-refractivity contribution in [2.75, 3.05) is 11.1 Å². The molecule has 0 unspecified atom stereocenters. The molecule has 0 amide bonds. The molecular weight excluding hydrogens is 269 g/mol. The van der Waals surface area contributed by atoms with E-state index in [1.165, 1.54) is 6.92 Å². The van der Waals surface area contributed by atoms with Gasteiger partial charge in [0, 0.05) is 6.04 Å². The molecule has 4 nitrogen and oxygen atoms in total. The molecule has 1 aliphatic rings. The van der Waals surface area contributed by atoms with E-state index in [4.69, 9.17) is 5.73 Å². The minimum atomic E-state index is -1.28. The number of aryl methyl sites for hydroxylation is 1. The van der Waals surface area contributed by atoms with Gasteiger partial charge in [-0.1, -0.05) is 0 Å². The highest BCUT2D eigenvalue weighted by Crippen LogP contribution is 2.34. The van der Waals surface area contributed by atoms with Gasteiger partial charge in [-0.3, -0.25) is 0 Å². The summed E-state index contributed by atoms with van der Waals surface area (Å²) in [6.45, 7) is 1.51. The van der Waals surface area contributed by atoms with Crippen LogP contribution in [0.2, 0.25) is 0 Å². The van der Waals surface area contributed by atoms with Gasteiger partial charge in [0.1, 0.15) is 22.8 Å². The van der Waals surface area contributed by atoms with Crippen LogP contribution in [0.5, 0.6) is 0 Å². The summed E-state index contributed by atoms with van der Waals surface area (Å²) in [6, 6.07) is -0.0314. The molecule has 1 aromatic carbocycles. The maximum Gasteiger partial charge on any atom is 0.185 e. The molecule has 1 fully saturated rings. The van der Waals surface area contributed by atoms with Crippen molar-refractivity contribution in [2.45, 2.75) is 32.2 Å². The largest absolute Gasteiger partial charge is 0.383 e. The molecule has 1 saturated carbocycles. The van der Waals surface area contributed by atoms with Crippen molar-refractivity contribution in [3.8, 4) is 0 Å². The minimum Gasteiger partial charge on any atom is -0.383 e. The van der Waals surface area contributed by atoms with E-state index < -0.39 is 28.5 Å². The van der Waals surface area contributed by atoms with E-state index in [-0.39, 0.29) is 23.2 Å². The third kappa shape index (κ3) is 1.85. The normalized spacial score (nSPS) is 15.4. The number of anilines is 2. The van der Waals surface area contributed by atoms with E-state index in [1.54, 1.807) is 0 Å². The van der Waals surface area contributed by atoms with Gasteiger partial charge >= 0.3 is 0 Å². The quantitative estimate of drug-likeness (QED) is 0.831. The average Bonchev–Trinajstić information content (AvgIpc) is 2.33. The lowest BCUT2D eigenvalue weighted by Gasteiger charge is -2.28. The van der Waals surface area contributed by atoms with Gasteiger partial charge in [-0.2, -0.15) is 0 Å². The molecule has 0 spiro atoms. The Labute approximate surface area is 113 Å². The van der Waals surface area contributed by atoms with Crippen molar-refractivity contribution in [3.05, 3.63) is 23.3 Å². The van der Waals surface area contributed by atoms with E-state index in [0.29, 0.717) is 0 Å². The van der Waals surface area contributed by atoms with Gasteiger partial charge < -0.3 is 11.1 Å². The van der Waals surface area contributed by atoms with Gasteiger partial charge in [0.2, 0.25) is 0 Å². The van der Waals surface area contributed by atoms with E-state index in [9.17, 15) is 13.2 Å². The standard InChI is InChI=1S/C13H13F3N4/c1-5-18-11-7(13(17)19-5)8(14)9(15)12(10(11)16)20-6-3-2-4-6/h6,20H,2-4H2,1H3,(H2,17,18,19). The first-order chi connectivity index (χ1) is 9.49. The van der Waals surface area contributed by atoms with Gasteiger partial charge in [0.05, 0.1) is 5.39 Å². The maximum atomic E-state index is 14.4. The predicted molar refractivity (Wildman–Crippen MR) is 69.8 cm³/mol. The molecular formula is C13H13F3N4. The van der Waals surface area contributed by atoms with Crippen LogP contribution in [-0.2, 0) is 0 Å². The van der Waals surface area contributed by atoms with Gasteiger partial charge in [0.15, 0.2) is 17.5 Å². The summed E-state index contributed by atoms with van der Waals surface area (Å²) in [5, 5.41) is 2.28. The molecule has 0 atom stereocenters. The number of nitrogens with two attached hydrogens (primary N) is 1. The molecule has 0 radical (unpaired) electrons. The van der Waals surface area contributed by atoms with Crippen LogP contribution < -0.4 is 11.1 Å². The number of nitrogens with zero attached hydrogens (tertiary/aromatic N) is 2. The Morgan fingerprint density at radius 1 is 1.10 bits per heavy atom. The Hall–Kier alpha value is -2.05. The first kappa shape index (κ1) is 13.0. The molecule has 2 aromatic rings. The zero-order valence-electron chi connectivity index (χ0n) is 10.8. The third-order valence-electron chi connectivity index (χ3n) is 3.56. The number of nitrogens with one attached hydrogen (secondary N) is 1. The van der Waals surface area contributed by atoms with Crippen LogP contribution in [0.1, 0.15) is 25.1 Å². The summed E-state index contributed by atoms with van der Waals surface area (Å²) in [5.74, 6) is -3.49. The lowest BCUT2D eigenvalue weighted by molar-refractivity contribution is 0.436. The highest BCUT2D eigenvalue weighted by atomic mass is 19.2. The maximum absolute atomic E-state index is 14.4. The fraction of sp³-hybridized carbons (Fsp3) is 0.385. The number of aromatic nitrogens is 2. The summed E-state index contributed by atoms with van der Waals surface area (Å²) in [4.78, 5) is 7.57. The Balaban J connectivity index is 2.25. The number of hydrogen-bond donors (Lipinski definition) is 2. The number of benzene rings is 1. The summed E-state index contributed by atoms with van der Waals surface area (Å²) in [6.07, 6.45) is 2.61. The molecule has 3 N–H and O–H groups in total. The SMILES string of the molecule is Cc1nc(N)c2c(F)c(F)c(NC3CCC3)c(F)c2n1. The summed E-state index contributed by atoms with van der Waals surface area (Å²) < 4.78 is 42.4. The van der Waals surface area contributed by atoms with Crippen molar-refractivity contribution in [1.29, 1.82) is 0 Å². The fourth-order valence-electron chi connectivity index (χ4n) is 2.29. The molecule has 1 aromatic heterocycles. The molecule has 0 saturated heterocycles. The van der Waals surface area contributed by atoms with Crippen LogP contribution in [0, 0.1) is 24.4 Å². The molecule has 3 rings (SSSR count). The zero-order valence-corrected chi connectivity index (χ0v) is 10.8. The first-order valence-electron chi connectivity index (χ1n) is 6.36. The van der Waals surface area contributed by atoms with Crippen molar-refractivity contribution in [3.63, 3.8) is 0 Å². The van der Waals surface area contributed by atoms with E-state index in [2.05, 4.69) is 15.3 Å². The Morgan fingerprint density at radius 3 is 2.40 bits per heavy atom. The topological polar surface area (TPSA) is 63.8 Å². The fourth-order valence-corrected chi connectivity index (χ4v) is 2.29. The number of rotatable bonds is 2. The smallest absolute Gasteiger partial charge is 0.185 e. The number of halogens is 3. The van der Waals surface area contributed by atoms with Crippen molar-refractivity contribution >= 4 is 22.4 Å². The van der Waals surface area contributed by atoms with Crippen LogP contribution in [0.3, 0.4) is 0 Å². The summed E-state index contributed by atoms with van der Waals surface area (Å²) in [7, 11) is 0. The third-order valence-corrected chi connectivity index (χ3v) is 3.56. The first-order valence-corrected chi connectivity index (χ1v) is 6.36. The molecule has 0 bridgehead atoms. The zero-order chi connectivity index (χ0) is 14.4. The Morgan fingerprint density at radius 2 is 1.80 bits per heavy atom. The van der Waals surface area contributed by atoms with Gasteiger partial charge in [-0.15, -0.1) is 0 Å². The average molecular weight is 282 g/mol. The second-order valence-corrected chi connectivity index (χ2v) is 4.97.